The fourth-order valence-electron chi connectivity index (χ4n) is 6.02. The van der Waals surface area contributed by atoms with Crippen LogP contribution in [0.4, 0.5) is 0 Å². The number of hydrogen-bond donors (Lipinski definition) is 0. The lowest BCUT2D eigenvalue weighted by atomic mass is 10.0. The van der Waals surface area contributed by atoms with Crippen LogP contribution in [0.5, 0.6) is 0 Å². The Bertz CT molecular complexity index is 928. The van der Waals surface area contributed by atoms with Gasteiger partial charge in [0, 0.05) is 18.7 Å². The van der Waals surface area contributed by atoms with E-state index in [4.69, 9.17) is 14.2 Å². The highest BCUT2D eigenvalue weighted by atomic mass is 32.2. The molecule has 0 atom stereocenters. The van der Waals surface area contributed by atoms with Crippen molar-refractivity contribution in [3.63, 3.8) is 0 Å². The van der Waals surface area contributed by atoms with Crippen LogP contribution in [-0.4, -0.2) is 67.9 Å². The van der Waals surface area contributed by atoms with E-state index in [1.165, 1.54) is 64.2 Å². The van der Waals surface area contributed by atoms with Gasteiger partial charge in [0.2, 0.25) is 0 Å². The largest absolute Gasteiger partial charge is 0.466 e. The van der Waals surface area contributed by atoms with Gasteiger partial charge in [0.15, 0.2) is 0 Å². The molecule has 0 aromatic rings. The monoisotopic (exact) mass is 776 g/mol. The minimum atomic E-state index is -0.0833. The van der Waals surface area contributed by atoms with Crippen molar-refractivity contribution in [1.29, 1.82) is 0 Å². The van der Waals surface area contributed by atoms with Crippen molar-refractivity contribution >= 4 is 29.7 Å². The molecule has 0 aromatic carbocycles. The summed E-state index contributed by atoms with van der Waals surface area (Å²) in [6, 6.07) is 0. The Morgan fingerprint density at radius 3 is 1.26 bits per heavy atom. The predicted octanol–water partition coefficient (Wildman–Crippen LogP) is 12.6. The Balaban J connectivity index is 4.00. The molecular formula is C46H81NO6S. The van der Waals surface area contributed by atoms with Gasteiger partial charge in [-0.1, -0.05) is 100.0 Å². The maximum Gasteiger partial charge on any atom is 0.316 e. The van der Waals surface area contributed by atoms with Gasteiger partial charge in [-0.05, 0) is 131 Å². The maximum absolute atomic E-state index is 12.5. The van der Waals surface area contributed by atoms with Crippen molar-refractivity contribution in [1.82, 2.24) is 4.90 Å². The van der Waals surface area contributed by atoms with Crippen molar-refractivity contribution in [3.05, 3.63) is 48.6 Å². The van der Waals surface area contributed by atoms with Crippen LogP contribution < -0.4 is 0 Å². The first-order valence-electron chi connectivity index (χ1n) is 21.7. The van der Waals surface area contributed by atoms with Gasteiger partial charge >= 0.3 is 17.9 Å². The number of thioether (sulfide) groups is 1. The van der Waals surface area contributed by atoms with Gasteiger partial charge in [0.25, 0.3) is 0 Å². The SMILES string of the molecule is CCOC(=O)CCCC/C=C\C/C=C\CCCCCCCCC(CCCCCCCC/C=C\C/C=C\CCCCC(=O)OCC)OC(=O)CSCN(C)C. The van der Waals surface area contributed by atoms with Gasteiger partial charge in [-0.3, -0.25) is 14.4 Å². The predicted molar refractivity (Wildman–Crippen MR) is 231 cm³/mol. The summed E-state index contributed by atoms with van der Waals surface area (Å²) >= 11 is 1.62. The summed E-state index contributed by atoms with van der Waals surface area (Å²) in [5, 5.41) is 0. The first-order chi connectivity index (χ1) is 26.4. The summed E-state index contributed by atoms with van der Waals surface area (Å²) in [7, 11) is 4.05. The van der Waals surface area contributed by atoms with E-state index in [9.17, 15) is 14.4 Å². The first kappa shape index (κ1) is 51.7. The molecule has 0 saturated heterocycles. The van der Waals surface area contributed by atoms with Gasteiger partial charge in [0.1, 0.15) is 6.10 Å². The molecule has 0 amide bonds. The van der Waals surface area contributed by atoms with E-state index < -0.39 is 0 Å². The molecule has 54 heavy (non-hydrogen) atoms. The van der Waals surface area contributed by atoms with Crippen LogP contribution >= 0.6 is 11.8 Å². The molecule has 7 nitrogen and oxygen atoms in total. The Kier molecular flexibility index (Phi) is 40.0. The molecule has 0 aliphatic heterocycles. The second kappa shape index (κ2) is 41.8. The van der Waals surface area contributed by atoms with E-state index in [0.29, 0.717) is 31.8 Å². The van der Waals surface area contributed by atoms with Crippen molar-refractivity contribution < 1.29 is 28.6 Å². The molecule has 0 aliphatic rings. The highest BCUT2D eigenvalue weighted by Gasteiger charge is 2.14. The van der Waals surface area contributed by atoms with Gasteiger partial charge < -0.3 is 19.1 Å². The molecular weight excluding hydrogens is 695 g/mol. The van der Waals surface area contributed by atoms with Crippen LogP contribution in [0.3, 0.4) is 0 Å². The maximum atomic E-state index is 12.5. The minimum Gasteiger partial charge on any atom is -0.466 e. The summed E-state index contributed by atoms with van der Waals surface area (Å²) in [5.41, 5.74) is 0. The second-order valence-corrected chi connectivity index (χ2v) is 15.5. The Hall–Kier alpha value is -2.32. The van der Waals surface area contributed by atoms with Crippen molar-refractivity contribution in [3.8, 4) is 0 Å². The molecule has 0 spiro atoms. The summed E-state index contributed by atoms with van der Waals surface area (Å²) in [5.74, 6) is 1.04. The van der Waals surface area contributed by atoms with E-state index in [2.05, 4.69) is 53.5 Å². The van der Waals surface area contributed by atoms with E-state index in [-0.39, 0.29) is 24.0 Å². The van der Waals surface area contributed by atoms with Crippen LogP contribution in [0.15, 0.2) is 48.6 Å². The van der Waals surface area contributed by atoms with Crippen LogP contribution in [0.1, 0.15) is 181 Å². The lowest BCUT2D eigenvalue weighted by Crippen LogP contribution is -2.21. The van der Waals surface area contributed by atoms with Crippen LogP contribution in [0, 0.1) is 0 Å². The van der Waals surface area contributed by atoms with Gasteiger partial charge in [-0.15, -0.1) is 11.8 Å². The summed E-state index contributed by atoms with van der Waals surface area (Å²) in [6.07, 6.45) is 46.1. The third kappa shape index (κ3) is 40.9. The lowest BCUT2D eigenvalue weighted by molar-refractivity contribution is -0.146. The highest BCUT2D eigenvalue weighted by Crippen LogP contribution is 2.18. The smallest absolute Gasteiger partial charge is 0.316 e. The topological polar surface area (TPSA) is 82.1 Å². The normalized spacial score (nSPS) is 12.0. The summed E-state index contributed by atoms with van der Waals surface area (Å²) in [4.78, 5) is 37.3. The third-order valence-electron chi connectivity index (χ3n) is 8.99. The first-order valence-corrected chi connectivity index (χ1v) is 22.9. The summed E-state index contributed by atoms with van der Waals surface area (Å²) < 4.78 is 15.9. The van der Waals surface area contributed by atoms with Crippen molar-refractivity contribution in [2.45, 2.75) is 187 Å². The van der Waals surface area contributed by atoms with Gasteiger partial charge in [-0.25, -0.2) is 0 Å². The number of carbonyl (C=O) groups excluding carboxylic acids is 3. The number of rotatable bonds is 39. The standard InChI is InChI=1S/C46H81NO6S/c1-5-51-44(48)39-35-31-27-23-19-15-11-7-9-13-17-21-25-29-33-37-43(53-46(50)41-54-42-47(3)4)38-34-30-26-22-18-14-10-8-12-16-20-24-28-32-36-40-45(49)52-6-2/h7-8,11-12,19-20,23-24,43H,5-6,9-10,13-18,21-22,25-42H2,1-4H3/b11-7-,12-8-,23-19-,24-20-. The lowest BCUT2D eigenvalue weighted by Gasteiger charge is -2.18. The fourth-order valence-corrected chi connectivity index (χ4v) is 6.71. The fraction of sp³-hybridized carbons (Fsp3) is 0.761. The molecule has 0 fully saturated rings. The Morgan fingerprint density at radius 2 is 0.870 bits per heavy atom. The van der Waals surface area contributed by atoms with E-state index in [1.54, 1.807) is 11.8 Å². The average molecular weight is 776 g/mol. The number of carbonyl (C=O) groups is 3. The Labute approximate surface area is 336 Å². The van der Waals surface area contributed by atoms with E-state index in [1.807, 2.05) is 27.9 Å². The number of allylic oxidation sites excluding steroid dienone is 8. The number of ether oxygens (including phenoxy) is 3. The zero-order valence-corrected chi connectivity index (χ0v) is 36.0. The van der Waals surface area contributed by atoms with Crippen LogP contribution in [0.25, 0.3) is 0 Å². The zero-order valence-electron chi connectivity index (χ0n) is 35.2. The molecule has 0 unspecified atom stereocenters. The van der Waals surface area contributed by atoms with E-state index >= 15 is 0 Å². The van der Waals surface area contributed by atoms with Crippen molar-refractivity contribution in [2.75, 3.05) is 38.9 Å². The number of esters is 3. The zero-order chi connectivity index (χ0) is 39.6. The Morgan fingerprint density at radius 1 is 0.500 bits per heavy atom. The molecule has 0 aliphatic carbocycles. The summed E-state index contributed by atoms with van der Waals surface area (Å²) in [6.45, 7) is 4.63. The second-order valence-electron chi connectivity index (χ2n) is 14.5. The molecule has 8 heteroatoms. The van der Waals surface area contributed by atoms with Gasteiger partial charge in [0.05, 0.1) is 19.0 Å². The quantitative estimate of drug-likeness (QED) is 0.0201. The molecule has 0 aromatic heterocycles. The molecule has 312 valence electrons. The highest BCUT2D eigenvalue weighted by molar-refractivity contribution is 7.99. The minimum absolute atomic E-state index is 0.0593. The average Bonchev–Trinajstić information content (AvgIpc) is 3.14. The number of nitrogens with zero attached hydrogens (tertiary/aromatic N) is 1. The van der Waals surface area contributed by atoms with Crippen LogP contribution in [-0.2, 0) is 28.6 Å². The molecule has 0 bridgehead atoms. The van der Waals surface area contributed by atoms with Crippen molar-refractivity contribution in [2.24, 2.45) is 0 Å². The molecule has 0 rings (SSSR count). The third-order valence-corrected chi connectivity index (χ3v) is 10.1. The number of unbranched alkanes of at least 4 members (excludes halogenated alkanes) is 16. The number of hydrogen-bond acceptors (Lipinski definition) is 8. The van der Waals surface area contributed by atoms with E-state index in [0.717, 1.165) is 95.8 Å². The molecule has 0 heterocycles. The molecule has 0 N–H and O–H groups in total. The molecule has 0 radical (unpaired) electrons. The van der Waals surface area contributed by atoms with Gasteiger partial charge in [-0.2, -0.15) is 0 Å². The van der Waals surface area contributed by atoms with Crippen LogP contribution in [0.2, 0.25) is 0 Å². The molecule has 0 saturated carbocycles.